The van der Waals surface area contributed by atoms with Gasteiger partial charge in [-0.25, -0.2) is 9.67 Å². The van der Waals surface area contributed by atoms with E-state index in [1.807, 2.05) is 37.3 Å². The largest absolute Gasteiger partial charge is 0.397 e. The Labute approximate surface area is 143 Å². The van der Waals surface area contributed by atoms with Crippen molar-refractivity contribution in [2.24, 2.45) is 17.8 Å². The van der Waals surface area contributed by atoms with E-state index in [0.717, 1.165) is 5.69 Å². The summed E-state index contributed by atoms with van der Waals surface area (Å²) in [6.45, 7) is 1.82. The Bertz CT molecular complexity index is 976. The molecule has 0 fully saturated rings. The second kappa shape index (κ2) is 5.98. The quantitative estimate of drug-likeness (QED) is 0.822. The van der Waals surface area contributed by atoms with E-state index >= 15 is 0 Å². The molecule has 3 rings (SSSR count). The molecule has 0 aliphatic heterocycles. The van der Waals surface area contributed by atoms with Gasteiger partial charge in [0.05, 0.1) is 33.5 Å². The predicted molar refractivity (Wildman–Crippen MR) is 96.8 cm³/mol. The van der Waals surface area contributed by atoms with Crippen LogP contribution in [0.15, 0.2) is 63.0 Å². The van der Waals surface area contributed by atoms with Crippen molar-refractivity contribution in [3.8, 4) is 5.69 Å². The van der Waals surface area contributed by atoms with Gasteiger partial charge in [0, 0.05) is 7.05 Å². The van der Waals surface area contributed by atoms with Crippen LogP contribution in [0.1, 0.15) is 5.69 Å². The van der Waals surface area contributed by atoms with E-state index in [9.17, 15) is 4.79 Å². The normalized spacial score (nSPS) is 16.3. The van der Waals surface area contributed by atoms with Crippen LogP contribution in [0, 0.1) is 12.3 Å². The lowest BCUT2D eigenvalue weighted by molar-refractivity contribution is 0.630. The number of benzene rings is 1. The van der Waals surface area contributed by atoms with Crippen LogP contribution >= 0.6 is 11.6 Å². The SMILES string of the molecule is Cc1c(/N=C2/C=C(Cl)C(=N)C=C2N)c(=O)n(-c2ccccc2)n1C. The van der Waals surface area contributed by atoms with Gasteiger partial charge in [0.15, 0.2) is 5.69 Å². The van der Waals surface area contributed by atoms with Gasteiger partial charge in [-0.15, -0.1) is 0 Å². The fourth-order valence-corrected chi connectivity index (χ4v) is 2.64. The van der Waals surface area contributed by atoms with E-state index < -0.39 is 0 Å². The van der Waals surface area contributed by atoms with Crippen LogP contribution in [0.4, 0.5) is 5.69 Å². The van der Waals surface area contributed by atoms with Crippen molar-refractivity contribution >= 4 is 28.7 Å². The first kappa shape index (κ1) is 16.0. The third kappa shape index (κ3) is 2.61. The molecule has 0 radical (unpaired) electrons. The van der Waals surface area contributed by atoms with Gasteiger partial charge < -0.3 is 5.73 Å². The van der Waals surface area contributed by atoms with Crippen LogP contribution < -0.4 is 11.3 Å². The first-order valence-electron chi connectivity index (χ1n) is 7.26. The molecule has 1 aliphatic carbocycles. The molecule has 0 spiro atoms. The molecule has 1 aromatic heterocycles. The van der Waals surface area contributed by atoms with E-state index in [1.165, 1.54) is 12.2 Å². The first-order chi connectivity index (χ1) is 11.4. The average Bonchev–Trinajstić information content (AvgIpc) is 2.77. The minimum Gasteiger partial charge on any atom is -0.397 e. The van der Waals surface area contributed by atoms with Gasteiger partial charge in [-0.05, 0) is 31.2 Å². The zero-order chi connectivity index (χ0) is 17.4. The molecule has 2 aromatic rings. The van der Waals surface area contributed by atoms with Crippen molar-refractivity contribution in [2.75, 3.05) is 0 Å². The molecule has 3 N–H and O–H groups in total. The molecule has 1 heterocycles. The van der Waals surface area contributed by atoms with Crippen LogP contribution in [0.25, 0.3) is 5.69 Å². The minimum absolute atomic E-state index is 0.125. The van der Waals surface area contributed by atoms with Gasteiger partial charge >= 0.3 is 0 Å². The maximum atomic E-state index is 12.8. The van der Waals surface area contributed by atoms with Gasteiger partial charge in [-0.2, -0.15) is 0 Å². The van der Waals surface area contributed by atoms with Crippen LogP contribution in [-0.2, 0) is 7.05 Å². The van der Waals surface area contributed by atoms with Crippen LogP contribution in [-0.4, -0.2) is 20.8 Å². The van der Waals surface area contributed by atoms with Crippen molar-refractivity contribution in [2.45, 2.75) is 6.92 Å². The number of halogens is 1. The van der Waals surface area contributed by atoms with Crippen LogP contribution in [0.3, 0.4) is 0 Å². The summed E-state index contributed by atoms with van der Waals surface area (Å²) in [5.74, 6) is 0. The Hall–Kier alpha value is -2.86. The standard InChI is InChI=1S/C17H16ClN5O/c1-10-16(21-15-8-12(18)13(19)9-14(15)20)17(24)23(22(10)2)11-6-4-3-5-7-11/h3-9,19H,20H2,1-2H3/b19-13?,21-15-. The fraction of sp³-hybridized carbons (Fsp3) is 0.118. The summed E-state index contributed by atoms with van der Waals surface area (Å²) >= 11 is 5.97. The second-order valence-electron chi connectivity index (χ2n) is 5.41. The Balaban J connectivity index is 2.18. The topological polar surface area (TPSA) is 89.2 Å². The zero-order valence-electron chi connectivity index (χ0n) is 13.2. The molecule has 0 saturated carbocycles. The van der Waals surface area contributed by atoms with E-state index in [0.29, 0.717) is 22.8 Å². The molecule has 6 nitrogen and oxygen atoms in total. The van der Waals surface area contributed by atoms with Crippen molar-refractivity contribution in [3.63, 3.8) is 0 Å². The molecule has 0 bridgehead atoms. The van der Waals surface area contributed by atoms with Crippen molar-refractivity contribution in [1.29, 1.82) is 5.41 Å². The highest BCUT2D eigenvalue weighted by atomic mass is 35.5. The number of aliphatic imine (C=N–C) groups is 1. The summed E-state index contributed by atoms with van der Waals surface area (Å²) in [6.07, 6.45) is 2.92. The fourth-order valence-electron chi connectivity index (χ4n) is 2.48. The number of nitrogens with zero attached hydrogens (tertiary/aromatic N) is 3. The minimum atomic E-state index is -0.244. The number of hydrogen-bond acceptors (Lipinski definition) is 4. The van der Waals surface area contributed by atoms with E-state index in [2.05, 4.69) is 4.99 Å². The molecule has 1 aromatic carbocycles. The van der Waals surface area contributed by atoms with Crippen LogP contribution in [0.5, 0.6) is 0 Å². The highest BCUT2D eigenvalue weighted by Gasteiger charge is 2.18. The second-order valence-corrected chi connectivity index (χ2v) is 5.82. The molecular formula is C17H16ClN5O. The van der Waals surface area contributed by atoms with Gasteiger partial charge in [0.1, 0.15) is 0 Å². The highest BCUT2D eigenvalue weighted by molar-refractivity contribution is 6.48. The molecule has 1 aliphatic rings. The molecular weight excluding hydrogens is 326 g/mol. The highest BCUT2D eigenvalue weighted by Crippen LogP contribution is 2.20. The number of rotatable bonds is 2. The number of allylic oxidation sites excluding steroid dienone is 3. The van der Waals surface area contributed by atoms with E-state index in [-0.39, 0.29) is 16.3 Å². The lowest BCUT2D eigenvalue weighted by Crippen LogP contribution is -2.20. The third-order valence-corrected chi connectivity index (χ3v) is 4.19. The summed E-state index contributed by atoms with van der Waals surface area (Å²) in [5.41, 5.74) is 8.22. The molecule has 122 valence electrons. The van der Waals surface area contributed by atoms with Crippen molar-refractivity contribution < 1.29 is 0 Å². The molecule has 0 unspecified atom stereocenters. The van der Waals surface area contributed by atoms with Gasteiger partial charge in [0.25, 0.3) is 5.56 Å². The van der Waals surface area contributed by atoms with E-state index in [4.69, 9.17) is 22.7 Å². The van der Waals surface area contributed by atoms with E-state index in [1.54, 1.807) is 16.4 Å². The Morgan fingerprint density at radius 2 is 1.88 bits per heavy atom. The molecule has 0 amide bonds. The monoisotopic (exact) mass is 341 g/mol. The maximum Gasteiger partial charge on any atom is 0.297 e. The number of nitrogens with two attached hydrogens (primary N) is 1. The Morgan fingerprint density at radius 3 is 2.54 bits per heavy atom. The zero-order valence-corrected chi connectivity index (χ0v) is 14.0. The van der Waals surface area contributed by atoms with Crippen molar-refractivity contribution in [1.82, 2.24) is 9.36 Å². The number of para-hydroxylation sites is 1. The Kier molecular flexibility index (Phi) is 3.99. The summed E-state index contributed by atoms with van der Waals surface area (Å²) in [4.78, 5) is 17.2. The van der Waals surface area contributed by atoms with Crippen LogP contribution in [0.2, 0.25) is 0 Å². The lowest BCUT2D eigenvalue weighted by Gasteiger charge is -2.09. The van der Waals surface area contributed by atoms with Gasteiger partial charge in [0.2, 0.25) is 0 Å². The first-order valence-corrected chi connectivity index (χ1v) is 7.64. The molecule has 7 heteroatoms. The third-order valence-electron chi connectivity index (χ3n) is 3.87. The lowest BCUT2D eigenvalue weighted by atomic mass is 10.1. The van der Waals surface area contributed by atoms with Gasteiger partial charge in [-0.1, -0.05) is 29.8 Å². The Morgan fingerprint density at radius 1 is 1.21 bits per heavy atom. The smallest absolute Gasteiger partial charge is 0.297 e. The number of hydrogen-bond donors (Lipinski definition) is 2. The van der Waals surface area contributed by atoms with Crippen molar-refractivity contribution in [3.05, 3.63) is 69.3 Å². The number of nitrogens with one attached hydrogen (secondary N) is 1. The molecule has 0 atom stereocenters. The van der Waals surface area contributed by atoms with Gasteiger partial charge in [-0.3, -0.25) is 14.9 Å². The molecule has 24 heavy (non-hydrogen) atoms. The predicted octanol–water partition coefficient (Wildman–Crippen LogP) is 2.56. The summed E-state index contributed by atoms with van der Waals surface area (Å²) < 4.78 is 3.29. The maximum absolute atomic E-state index is 12.8. The summed E-state index contributed by atoms with van der Waals surface area (Å²) in [7, 11) is 1.80. The summed E-state index contributed by atoms with van der Waals surface area (Å²) in [5, 5.41) is 7.88. The molecule has 0 saturated heterocycles. The average molecular weight is 342 g/mol. The summed E-state index contributed by atoms with van der Waals surface area (Å²) in [6, 6.07) is 9.33. The number of aromatic nitrogens is 2.